The van der Waals surface area contributed by atoms with Crippen LogP contribution in [0.3, 0.4) is 0 Å². The first kappa shape index (κ1) is 17.8. The second kappa shape index (κ2) is 9.64. The molecule has 4 heteroatoms. The zero-order valence-corrected chi connectivity index (χ0v) is 13.7. The molecule has 1 aromatic carbocycles. The van der Waals surface area contributed by atoms with Crippen molar-refractivity contribution in [1.29, 1.82) is 0 Å². The summed E-state index contributed by atoms with van der Waals surface area (Å²) in [6.07, 6.45) is 3.14. The summed E-state index contributed by atoms with van der Waals surface area (Å²) in [5.41, 5.74) is 1.21. The fraction of sp³-hybridized carbons (Fsp3) is 0.647. The van der Waals surface area contributed by atoms with E-state index in [4.69, 9.17) is 14.6 Å². The van der Waals surface area contributed by atoms with Gasteiger partial charge in [0.15, 0.2) is 11.5 Å². The van der Waals surface area contributed by atoms with E-state index < -0.39 is 0 Å². The summed E-state index contributed by atoms with van der Waals surface area (Å²) in [6, 6.07) is 6.39. The van der Waals surface area contributed by atoms with Crippen molar-refractivity contribution in [2.45, 2.75) is 39.2 Å². The van der Waals surface area contributed by atoms with E-state index in [2.05, 4.69) is 25.2 Å². The Kier molecular flexibility index (Phi) is 8.16. The van der Waals surface area contributed by atoms with Crippen molar-refractivity contribution in [3.63, 3.8) is 0 Å². The maximum absolute atomic E-state index is 9.03. The van der Waals surface area contributed by atoms with Gasteiger partial charge in [-0.1, -0.05) is 19.9 Å². The highest BCUT2D eigenvalue weighted by Gasteiger charge is 2.12. The van der Waals surface area contributed by atoms with Gasteiger partial charge in [0.05, 0.1) is 14.2 Å². The lowest BCUT2D eigenvalue weighted by Gasteiger charge is -2.19. The van der Waals surface area contributed by atoms with E-state index in [1.807, 2.05) is 12.1 Å². The molecular weight excluding hydrogens is 266 g/mol. The molecule has 21 heavy (non-hydrogen) atoms. The molecular formula is C17H29NO3. The van der Waals surface area contributed by atoms with E-state index in [9.17, 15) is 0 Å². The quantitative estimate of drug-likeness (QED) is 0.651. The minimum atomic E-state index is 0.271. The number of ether oxygens (including phenoxy) is 2. The molecule has 2 atom stereocenters. The molecule has 0 fully saturated rings. The number of methoxy groups -OCH3 is 2. The number of aliphatic hydroxyl groups excluding tert-OH is 1. The molecule has 2 unspecified atom stereocenters. The Bertz CT molecular complexity index is 409. The first-order valence-corrected chi connectivity index (χ1v) is 7.72. The standard InChI is InChI=1S/C17H29NO3/c1-5-15(18-10-6-7-13(2)12-19)14-8-9-16(20-3)17(11-14)21-4/h8-9,11,13,15,18-19H,5-7,10,12H2,1-4H3. The highest BCUT2D eigenvalue weighted by molar-refractivity contribution is 5.43. The Morgan fingerprint density at radius 2 is 1.90 bits per heavy atom. The van der Waals surface area contributed by atoms with Crippen molar-refractivity contribution in [2.24, 2.45) is 5.92 Å². The first-order valence-electron chi connectivity index (χ1n) is 7.72. The summed E-state index contributed by atoms with van der Waals surface area (Å²) >= 11 is 0. The topological polar surface area (TPSA) is 50.7 Å². The van der Waals surface area contributed by atoms with Crippen LogP contribution in [0.5, 0.6) is 11.5 Å². The van der Waals surface area contributed by atoms with Gasteiger partial charge in [-0.3, -0.25) is 0 Å². The maximum Gasteiger partial charge on any atom is 0.161 e. The molecule has 2 N–H and O–H groups in total. The van der Waals surface area contributed by atoms with Gasteiger partial charge in [0.2, 0.25) is 0 Å². The van der Waals surface area contributed by atoms with Gasteiger partial charge >= 0.3 is 0 Å². The van der Waals surface area contributed by atoms with E-state index in [-0.39, 0.29) is 6.61 Å². The molecule has 0 aliphatic carbocycles. The minimum Gasteiger partial charge on any atom is -0.493 e. The Morgan fingerprint density at radius 1 is 1.19 bits per heavy atom. The molecule has 0 radical (unpaired) electrons. The lowest BCUT2D eigenvalue weighted by Crippen LogP contribution is -2.22. The third-order valence-electron chi connectivity index (χ3n) is 3.79. The fourth-order valence-electron chi connectivity index (χ4n) is 2.39. The van der Waals surface area contributed by atoms with Crippen LogP contribution in [0.2, 0.25) is 0 Å². The smallest absolute Gasteiger partial charge is 0.161 e. The van der Waals surface area contributed by atoms with Crippen LogP contribution >= 0.6 is 0 Å². The molecule has 0 heterocycles. The fourth-order valence-corrected chi connectivity index (χ4v) is 2.39. The van der Waals surface area contributed by atoms with Gasteiger partial charge < -0.3 is 19.9 Å². The molecule has 0 spiro atoms. The number of aliphatic hydroxyl groups is 1. The molecule has 4 nitrogen and oxygen atoms in total. The predicted octanol–water partition coefficient (Wildman–Crippen LogP) is 3.15. The van der Waals surface area contributed by atoms with E-state index in [1.165, 1.54) is 5.56 Å². The molecule has 0 aliphatic rings. The third-order valence-corrected chi connectivity index (χ3v) is 3.79. The van der Waals surface area contributed by atoms with Gasteiger partial charge in [-0.05, 0) is 49.4 Å². The molecule has 1 rings (SSSR count). The van der Waals surface area contributed by atoms with Gasteiger partial charge in [-0.15, -0.1) is 0 Å². The molecule has 1 aromatic rings. The molecule has 0 bridgehead atoms. The van der Waals surface area contributed by atoms with Gasteiger partial charge in [0.25, 0.3) is 0 Å². The molecule has 0 saturated heterocycles. The summed E-state index contributed by atoms with van der Waals surface area (Å²) in [4.78, 5) is 0. The molecule has 0 amide bonds. The Labute approximate surface area is 128 Å². The maximum atomic E-state index is 9.03. The van der Waals surface area contributed by atoms with Crippen molar-refractivity contribution < 1.29 is 14.6 Å². The van der Waals surface area contributed by atoms with Crippen molar-refractivity contribution in [1.82, 2.24) is 5.32 Å². The van der Waals surface area contributed by atoms with E-state index >= 15 is 0 Å². The minimum absolute atomic E-state index is 0.271. The van der Waals surface area contributed by atoms with Crippen molar-refractivity contribution in [2.75, 3.05) is 27.4 Å². The van der Waals surface area contributed by atoms with E-state index in [0.717, 1.165) is 37.3 Å². The molecule has 0 aromatic heterocycles. The van der Waals surface area contributed by atoms with Crippen LogP contribution in [-0.4, -0.2) is 32.5 Å². The summed E-state index contributed by atoms with van der Waals surface area (Å²) < 4.78 is 10.6. The second-order valence-electron chi connectivity index (χ2n) is 5.46. The van der Waals surface area contributed by atoms with E-state index in [0.29, 0.717) is 12.0 Å². The normalized spacial score (nSPS) is 13.8. The van der Waals surface area contributed by atoms with Crippen LogP contribution < -0.4 is 14.8 Å². The van der Waals surface area contributed by atoms with Crippen LogP contribution in [-0.2, 0) is 0 Å². The summed E-state index contributed by atoms with van der Waals surface area (Å²) in [7, 11) is 3.31. The zero-order valence-electron chi connectivity index (χ0n) is 13.7. The van der Waals surface area contributed by atoms with Gasteiger partial charge in [-0.25, -0.2) is 0 Å². The summed E-state index contributed by atoms with van der Waals surface area (Å²) in [5, 5.41) is 12.6. The first-order chi connectivity index (χ1) is 10.2. The van der Waals surface area contributed by atoms with Crippen molar-refractivity contribution >= 4 is 0 Å². The summed E-state index contributed by atoms with van der Waals surface area (Å²) in [5.74, 6) is 1.91. The number of benzene rings is 1. The Balaban J connectivity index is 2.59. The highest BCUT2D eigenvalue weighted by atomic mass is 16.5. The Morgan fingerprint density at radius 3 is 2.48 bits per heavy atom. The molecule has 0 saturated carbocycles. The highest BCUT2D eigenvalue weighted by Crippen LogP contribution is 2.30. The van der Waals surface area contributed by atoms with Crippen molar-refractivity contribution in [3.8, 4) is 11.5 Å². The van der Waals surface area contributed by atoms with Gasteiger partial charge in [0.1, 0.15) is 0 Å². The predicted molar refractivity (Wildman–Crippen MR) is 86.1 cm³/mol. The van der Waals surface area contributed by atoms with Crippen molar-refractivity contribution in [3.05, 3.63) is 23.8 Å². The van der Waals surface area contributed by atoms with Crippen LogP contribution in [0.25, 0.3) is 0 Å². The number of nitrogens with one attached hydrogen (secondary N) is 1. The SMILES string of the molecule is CCC(NCCCC(C)CO)c1ccc(OC)c(OC)c1. The van der Waals surface area contributed by atoms with Crippen LogP contribution in [0.4, 0.5) is 0 Å². The average molecular weight is 295 g/mol. The second-order valence-corrected chi connectivity index (χ2v) is 5.46. The zero-order chi connectivity index (χ0) is 15.7. The average Bonchev–Trinajstić information content (AvgIpc) is 2.54. The van der Waals surface area contributed by atoms with Crippen LogP contribution in [0.1, 0.15) is 44.7 Å². The van der Waals surface area contributed by atoms with Crippen LogP contribution in [0.15, 0.2) is 18.2 Å². The monoisotopic (exact) mass is 295 g/mol. The van der Waals surface area contributed by atoms with E-state index in [1.54, 1.807) is 14.2 Å². The third kappa shape index (κ3) is 5.56. The molecule has 120 valence electrons. The van der Waals surface area contributed by atoms with Crippen LogP contribution in [0, 0.1) is 5.92 Å². The lowest BCUT2D eigenvalue weighted by molar-refractivity contribution is 0.227. The Hall–Kier alpha value is -1.26. The van der Waals surface area contributed by atoms with Gasteiger partial charge in [0, 0.05) is 12.6 Å². The summed E-state index contributed by atoms with van der Waals surface area (Å²) in [6.45, 7) is 5.47. The number of hydrogen-bond acceptors (Lipinski definition) is 4. The molecule has 0 aliphatic heterocycles. The van der Waals surface area contributed by atoms with Gasteiger partial charge in [-0.2, -0.15) is 0 Å². The number of hydrogen-bond donors (Lipinski definition) is 2. The largest absolute Gasteiger partial charge is 0.493 e. The lowest BCUT2D eigenvalue weighted by atomic mass is 10.0. The number of rotatable bonds is 10.